The van der Waals surface area contributed by atoms with E-state index in [1.54, 1.807) is 18.7 Å². The number of hydrogen-bond acceptors (Lipinski definition) is 5. The molecule has 1 atom stereocenters. The summed E-state index contributed by atoms with van der Waals surface area (Å²) in [5.74, 6) is 0.554. The maximum atomic E-state index is 12.4. The van der Waals surface area contributed by atoms with Crippen molar-refractivity contribution >= 4 is 15.7 Å². The smallest absolute Gasteiger partial charge is 0.276 e. The van der Waals surface area contributed by atoms with Gasteiger partial charge in [0.15, 0.2) is 15.5 Å². The average Bonchev–Trinajstić information content (AvgIpc) is 2.85. The second-order valence-corrected chi connectivity index (χ2v) is 7.09. The summed E-state index contributed by atoms with van der Waals surface area (Å²) in [6.07, 6.45) is 0.498. The molecular formula is C12H18N2O4S. The van der Waals surface area contributed by atoms with Gasteiger partial charge in [0.05, 0.1) is 11.5 Å². The highest BCUT2D eigenvalue weighted by Crippen LogP contribution is 2.21. The molecule has 7 heteroatoms. The van der Waals surface area contributed by atoms with Gasteiger partial charge in [0.2, 0.25) is 0 Å². The number of sulfone groups is 1. The van der Waals surface area contributed by atoms with Crippen molar-refractivity contribution in [1.29, 1.82) is 0 Å². The first-order valence-corrected chi connectivity index (χ1v) is 8.12. The van der Waals surface area contributed by atoms with Gasteiger partial charge in [0.1, 0.15) is 5.76 Å². The molecule has 1 aliphatic rings. The number of nitrogens with zero attached hydrogens (tertiary/aromatic N) is 2. The largest absolute Gasteiger partial charge is 0.361 e. The Balaban J connectivity index is 2.23. The molecule has 6 nitrogen and oxygen atoms in total. The first-order chi connectivity index (χ1) is 8.85. The predicted molar refractivity (Wildman–Crippen MR) is 69.7 cm³/mol. The highest BCUT2D eigenvalue weighted by Gasteiger charge is 2.35. The maximum Gasteiger partial charge on any atom is 0.276 e. The Bertz CT molecular complexity index is 591. The fourth-order valence-electron chi connectivity index (χ4n) is 2.34. The molecule has 0 aliphatic carbocycles. The number of hydrogen-bond donors (Lipinski definition) is 0. The van der Waals surface area contributed by atoms with Crippen molar-refractivity contribution in [2.24, 2.45) is 0 Å². The van der Waals surface area contributed by atoms with Crippen LogP contribution in [0.25, 0.3) is 0 Å². The fraction of sp³-hybridized carbons (Fsp3) is 0.667. The van der Waals surface area contributed by atoms with Crippen molar-refractivity contribution in [3.05, 3.63) is 17.0 Å². The number of carbonyl (C=O) groups is 1. The van der Waals surface area contributed by atoms with Crippen LogP contribution in [0.4, 0.5) is 0 Å². The third kappa shape index (κ3) is 2.65. The second-order valence-electron chi connectivity index (χ2n) is 4.86. The van der Waals surface area contributed by atoms with Crippen LogP contribution in [0.15, 0.2) is 4.52 Å². The fourth-order valence-corrected chi connectivity index (χ4v) is 4.07. The molecule has 1 amide bonds. The van der Waals surface area contributed by atoms with Gasteiger partial charge < -0.3 is 9.42 Å². The van der Waals surface area contributed by atoms with Crippen LogP contribution in [0.3, 0.4) is 0 Å². The minimum Gasteiger partial charge on any atom is -0.361 e. The molecular weight excluding hydrogens is 268 g/mol. The lowest BCUT2D eigenvalue weighted by atomic mass is 10.1. The highest BCUT2D eigenvalue weighted by atomic mass is 32.2. The van der Waals surface area contributed by atoms with Crippen LogP contribution < -0.4 is 0 Å². The molecule has 1 aromatic rings. The van der Waals surface area contributed by atoms with E-state index in [0.29, 0.717) is 24.3 Å². The monoisotopic (exact) mass is 286 g/mol. The van der Waals surface area contributed by atoms with E-state index in [0.717, 1.165) is 0 Å². The standard InChI is InChI=1S/C12H18N2O4S/c1-4-14(10-5-6-19(16,17)7-10)12(15)11-8(2)9(3)18-13-11/h10H,4-7H2,1-3H3. The van der Waals surface area contributed by atoms with E-state index in [2.05, 4.69) is 5.16 Å². The van der Waals surface area contributed by atoms with Gasteiger partial charge in [0, 0.05) is 18.2 Å². The minimum atomic E-state index is -3.01. The van der Waals surface area contributed by atoms with Crippen LogP contribution in [-0.2, 0) is 9.84 Å². The topological polar surface area (TPSA) is 80.5 Å². The summed E-state index contributed by atoms with van der Waals surface area (Å²) in [5.41, 5.74) is 0.993. The zero-order valence-electron chi connectivity index (χ0n) is 11.3. The van der Waals surface area contributed by atoms with E-state index in [-0.39, 0.29) is 29.1 Å². The second kappa shape index (κ2) is 4.96. The van der Waals surface area contributed by atoms with E-state index < -0.39 is 9.84 Å². The van der Waals surface area contributed by atoms with Crippen molar-refractivity contribution in [2.75, 3.05) is 18.1 Å². The lowest BCUT2D eigenvalue weighted by molar-refractivity contribution is 0.0697. The van der Waals surface area contributed by atoms with Crippen LogP contribution in [-0.4, -0.2) is 48.5 Å². The SMILES string of the molecule is CCN(C(=O)c1noc(C)c1C)C1CCS(=O)(=O)C1. The number of aryl methyl sites for hydroxylation is 1. The molecule has 1 unspecified atom stereocenters. The summed E-state index contributed by atoms with van der Waals surface area (Å²) in [6.45, 7) is 5.82. The van der Waals surface area contributed by atoms with Crippen LogP contribution in [0.1, 0.15) is 35.2 Å². The van der Waals surface area contributed by atoms with Gasteiger partial charge in [-0.25, -0.2) is 8.42 Å². The Morgan fingerprint density at radius 2 is 2.16 bits per heavy atom. The van der Waals surface area contributed by atoms with E-state index in [1.165, 1.54) is 0 Å². The molecule has 0 spiro atoms. The maximum absolute atomic E-state index is 12.4. The van der Waals surface area contributed by atoms with Crippen LogP contribution in [0.2, 0.25) is 0 Å². The molecule has 0 radical (unpaired) electrons. The molecule has 0 aromatic carbocycles. The van der Waals surface area contributed by atoms with E-state index in [1.807, 2.05) is 6.92 Å². The summed E-state index contributed by atoms with van der Waals surface area (Å²) in [4.78, 5) is 14.0. The molecule has 19 heavy (non-hydrogen) atoms. The van der Waals surface area contributed by atoms with Crippen molar-refractivity contribution < 1.29 is 17.7 Å². The quantitative estimate of drug-likeness (QED) is 0.826. The third-order valence-corrected chi connectivity index (χ3v) is 5.36. The number of carbonyl (C=O) groups excluding carboxylic acids is 1. The predicted octanol–water partition coefficient (Wildman–Crippen LogP) is 0.941. The van der Waals surface area contributed by atoms with Gasteiger partial charge in [-0.1, -0.05) is 5.16 Å². The van der Waals surface area contributed by atoms with Crippen LogP contribution in [0.5, 0.6) is 0 Å². The molecule has 0 N–H and O–H groups in total. The Morgan fingerprint density at radius 3 is 2.58 bits per heavy atom. The summed E-state index contributed by atoms with van der Waals surface area (Å²) in [6, 6.07) is -0.251. The molecule has 0 bridgehead atoms. The van der Waals surface area contributed by atoms with Gasteiger partial charge in [-0.15, -0.1) is 0 Å². The van der Waals surface area contributed by atoms with Crippen molar-refractivity contribution in [2.45, 2.75) is 33.2 Å². The summed E-state index contributed by atoms with van der Waals surface area (Å²) in [7, 11) is -3.01. The van der Waals surface area contributed by atoms with Crippen LogP contribution >= 0.6 is 0 Å². The van der Waals surface area contributed by atoms with E-state index in [4.69, 9.17) is 4.52 Å². The first kappa shape index (κ1) is 14.0. The zero-order chi connectivity index (χ0) is 14.2. The highest BCUT2D eigenvalue weighted by molar-refractivity contribution is 7.91. The molecule has 2 heterocycles. The molecule has 1 aliphatic heterocycles. The molecule has 0 saturated carbocycles. The van der Waals surface area contributed by atoms with Gasteiger partial charge >= 0.3 is 0 Å². The molecule has 1 fully saturated rings. The van der Waals surface area contributed by atoms with Crippen molar-refractivity contribution in [1.82, 2.24) is 10.1 Å². The summed E-state index contributed by atoms with van der Waals surface area (Å²) < 4.78 is 28.0. The lowest BCUT2D eigenvalue weighted by Gasteiger charge is -2.26. The first-order valence-electron chi connectivity index (χ1n) is 6.30. The molecule has 1 aromatic heterocycles. The van der Waals surface area contributed by atoms with E-state index >= 15 is 0 Å². The molecule has 106 valence electrons. The van der Waals surface area contributed by atoms with Crippen molar-refractivity contribution in [3.8, 4) is 0 Å². The zero-order valence-corrected chi connectivity index (χ0v) is 12.2. The Kier molecular flexibility index (Phi) is 3.66. The van der Waals surface area contributed by atoms with Gasteiger partial charge in [0.25, 0.3) is 5.91 Å². The Hall–Kier alpha value is -1.37. The number of amides is 1. The third-order valence-electron chi connectivity index (χ3n) is 3.61. The van der Waals surface area contributed by atoms with Crippen molar-refractivity contribution in [3.63, 3.8) is 0 Å². The van der Waals surface area contributed by atoms with Gasteiger partial charge in [-0.2, -0.15) is 0 Å². The normalized spacial score (nSPS) is 21.5. The van der Waals surface area contributed by atoms with E-state index in [9.17, 15) is 13.2 Å². The molecule has 1 saturated heterocycles. The van der Waals surface area contributed by atoms with Gasteiger partial charge in [-0.3, -0.25) is 4.79 Å². The lowest BCUT2D eigenvalue weighted by Crippen LogP contribution is -2.41. The number of aromatic nitrogens is 1. The average molecular weight is 286 g/mol. The summed E-state index contributed by atoms with van der Waals surface area (Å²) >= 11 is 0. The molecule has 2 rings (SSSR count). The van der Waals surface area contributed by atoms with Crippen LogP contribution in [0, 0.1) is 13.8 Å². The Morgan fingerprint density at radius 1 is 1.47 bits per heavy atom. The van der Waals surface area contributed by atoms with Gasteiger partial charge in [-0.05, 0) is 27.2 Å². The number of rotatable bonds is 3. The Labute approximate surface area is 112 Å². The minimum absolute atomic E-state index is 0.0441. The summed E-state index contributed by atoms with van der Waals surface area (Å²) in [5, 5.41) is 3.78.